The zero-order chi connectivity index (χ0) is 31.7. The van der Waals surface area contributed by atoms with Crippen LogP contribution in [-0.4, -0.2) is 46.1 Å². The molecule has 0 fully saturated rings. The van der Waals surface area contributed by atoms with E-state index in [0.717, 1.165) is 32.6 Å². The molecule has 0 saturated heterocycles. The summed E-state index contributed by atoms with van der Waals surface area (Å²) in [5.41, 5.74) is 10.1. The molecule has 0 aliphatic rings. The van der Waals surface area contributed by atoms with Gasteiger partial charge in [0.2, 0.25) is 0 Å². The van der Waals surface area contributed by atoms with E-state index < -0.39 is 0 Å². The second kappa shape index (κ2) is 12.6. The van der Waals surface area contributed by atoms with Crippen LogP contribution >= 0.6 is 0 Å². The Bertz CT molecular complexity index is 2150. The Morgan fingerprint density at radius 1 is 0.404 bits per heavy atom. The first-order valence-corrected chi connectivity index (χ1v) is 16.7. The first-order valence-electron chi connectivity index (χ1n) is 16.7. The molecule has 4 heteroatoms. The molecule has 2 aromatic heterocycles. The maximum atomic E-state index is 2.45. The Labute approximate surface area is 276 Å². The lowest BCUT2D eigenvalue weighted by molar-refractivity contribution is 0.270. The van der Waals surface area contributed by atoms with Gasteiger partial charge in [-0.05, 0) is 105 Å². The van der Waals surface area contributed by atoms with Crippen molar-refractivity contribution >= 4 is 43.6 Å². The third-order valence-electron chi connectivity index (χ3n) is 9.49. The van der Waals surface area contributed by atoms with Crippen LogP contribution in [0.5, 0.6) is 0 Å². The second-order valence-electron chi connectivity index (χ2n) is 12.9. The van der Waals surface area contributed by atoms with Crippen molar-refractivity contribution in [2.45, 2.75) is 19.5 Å². The summed E-state index contributed by atoms with van der Waals surface area (Å²) in [6.45, 7) is 3.98. The third kappa shape index (κ3) is 5.61. The molecule has 0 unspecified atom stereocenters. The number of fused-ring (bicyclic) bond motifs is 6. The Kier molecular flexibility index (Phi) is 7.82. The average molecular weight is 613 g/mol. The molecule has 2 heterocycles. The van der Waals surface area contributed by atoms with E-state index >= 15 is 0 Å². The maximum Gasteiger partial charge on any atom is 0.0541 e. The van der Waals surface area contributed by atoms with Gasteiger partial charge in [-0.1, -0.05) is 84.9 Å². The molecule has 0 spiro atoms. The van der Waals surface area contributed by atoms with Crippen molar-refractivity contribution in [3.63, 3.8) is 0 Å². The fourth-order valence-corrected chi connectivity index (χ4v) is 7.34. The zero-order valence-electron chi connectivity index (χ0n) is 27.2. The first kappa shape index (κ1) is 29.3. The van der Waals surface area contributed by atoms with Crippen LogP contribution in [0.15, 0.2) is 146 Å². The van der Waals surface area contributed by atoms with Gasteiger partial charge in [0.15, 0.2) is 0 Å². The van der Waals surface area contributed by atoms with Crippen molar-refractivity contribution in [1.29, 1.82) is 0 Å². The quantitative estimate of drug-likeness (QED) is 0.153. The summed E-state index contributed by atoms with van der Waals surface area (Å²) in [6.07, 6.45) is 1.12. The molecule has 47 heavy (non-hydrogen) atoms. The minimum Gasteiger partial charge on any atom is -0.309 e. The summed E-state index contributed by atoms with van der Waals surface area (Å²) in [5.74, 6) is 0. The van der Waals surface area contributed by atoms with E-state index in [1.54, 1.807) is 0 Å². The van der Waals surface area contributed by atoms with Crippen LogP contribution in [0.4, 0.5) is 0 Å². The Morgan fingerprint density at radius 2 is 0.787 bits per heavy atom. The van der Waals surface area contributed by atoms with Crippen molar-refractivity contribution in [2.75, 3.05) is 27.2 Å². The highest BCUT2D eigenvalue weighted by molar-refractivity contribution is 6.10. The van der Waals surface area contributed by atoms with Crippen LogP contribution in [0.1, 0.15) is 17.5 Å². The molecule has 232 valence electrons. The average Bonchev–Trinajstić information content (AvgIpc) is 3.61. The predicted molar refractivity (Wildman–Crippen MR) is 199 cm³/mol. The molecule has 0 radical (unpaired) electrons. The summed E-state index contributed by atoms with van der Waals surface area (Å²) in [6, 6.07) is 52.9. The van der Waals surface area contributed by atoms with Gasteiger partial charge in [-0.25, -0.2) is 0 Å². The summed E-state index contributed by atoms with van der Waals surface area (Å²) in [7, 11) is 4.49. The normalized spacial score (nSPS) is 12.0. The van der Waals surface area contributed by atoms with Gasteiger partial charge in [-0.2, -0.15) is 0 Å². The standard InChI is InChI=1S/C43H40N4/c1-44(30-32-22-24-42-38(28-32)36-18-9-11-20-40(36)46(42)34-14-5-3-6-15-34)26-13-27-45(2)31-33-23-25-43-39(29-33)37-19-10-12-21-41(37)47(43)35-16-7-4-8-17-35/h3-12,14-25,28-29H,13,26-27,30-31H2,1-2H3. The van der Waals surface area contributed by atoms with Crippen molar-refractivity contribution in [3.8, 4) is 11.4 Å². The second-order valence-corrected chi connectivity index (χ2v) is 12.9. The van der Waals surface area contributed by atoms with Gasteiger partial charge in [0, 0.05) is 46.0 Å². The highest BCUT2D eigenvalue weighted by atomic mass is 15.1. The number of benzene rings is 6. The maximum absolute atomic E-state index is 2.45. The zero-order valence-corrected chi connectivity index (χ0v) is 27.2. The van der Waals surface area contributed by atoms with Crippen LogP contribution in [0.25, 0.3) is 55.0 Å². The molecular weight excluding hydrogens is 573 g/mol. The van der Waals surface area contributed by atoms with Gasteiger partial charge in [0.25, 0.3) is 0 Å². The molecule has 8 rings (SSSR count). The van der Waals surface area contributed by atoms with E-state index in [4.69, 9.17) is 0 Å². The largest absolute Gasteiger partial charge is 0.309 e. The van der Waals surface area contributed by atoms with E-state index in [-0.39, 0.29) is 0 Å². The number of rotatable bonds is 10. The lowest BCUT2D eigenvalue weighted by Crippen LogP contribution is -2.25. The van der Waals surface area contributed by atoms with Gasteiger partial charge in [0.05, 0.1) is 22.1 Å². The topological polar surface area (TPSA) is 16.3 Å². The van der Waals surface area contributed by atoms with Gasteiger partial charge >= 0.3 is 0 Å². The monoisotopic (exact) mass is 612 g/mol. The SMILES string of the molecule is CN(CCCN(C)Cc1ccc2c(c1)c1ccccc1n2-c1ccccc1)Cc1ccc2c(c1)c1ccccc1n2-c1ccccc1. The smallest absolute Gasteiger partial charge is 0.0541 e. The molecule has 0 amide bonds. The van der Waals surface area contributed by atoms with Crippen LogP contribution in [0.2, 0.25) is 0 Å². The molecule has 0 bridgehead atoms. The highest BCUT2D eigenvalue weighted by Crippen LogP contribution is 2.34. The minimum absolute atomic E-state index is 0.937. The number of aromatic nitrogens is 2. The van der Waals surface area contributed by atoms with E-state index in [2.05, 4.69) is 179 Å². The molecule has 0 N–H and O–H groups in total. The number of nitrogens with zero attached hydrogens (tertiary/aromatic N) is 4. The van der Waals surface area contributed by atoms with Crippen LogP contribution in [0.3, 0.4) is 0 Å². The fourth-order valence-electron chi connectivity index (χ4n) is 7.34. The summed E-state index contributed by atoms with van der Waals surface area (Å²) in [5, 5.41) is 5.25. The Balaban J connectivity index is 0.935. The molecule has 0 aliphatic heterocycles. The number of hydrogen-bond donors (Lipinski definition) is 0. The van der Waals surface area contributed by atoms with Crippen molar-refractivity contribution in [2.24, 2.45) is 0 Å². The number of para-hydroxylation sites is 4. The summed E-state index contributed by atoms with van der Waals surface area (Å²) < 4.78 is 4.76. The van der Waals surface area contributed by atoms with E-state index in [0.29, 0.717) is 0 Å². The van der Waals surface area contributed by atoms with Gasteiger partial charge in [0.1, 0.15) is 0 Å². The van der Waals surface area contributed by atoms with Crippen molar-refractivity contribution < 1.29 is 0 Å². The summed E-state index contributed by atoms with van der Waals surface area (Å²) >= 11 is 0. The van der Waals surface area contributed by atoms with Crippen LogP contribution < -0.4 is 0 Å². The molecule has 4 nitrogen and oxygen atoms in total. The third-order valence-corrected chi connectivity index (χ3v) is 9.49. The summed E-state index contributed by atoms with van der Waals surface area (Å²) in [4.78, 5) is 4.91. The molecule has 0 aliphatic carbocycles. The molecule has 0 saturated carbocycles. The van der Waals surface area contributed by atoms with E-state index in [9.17, 15) is 0 Å². The molecule has 0 atom stereocenters. The van der Waals surface area contributed by atoms with Crippen LogP contribution in [-0.2, 0) is 13.1 Å². The first-order chi connectivity index (χ1) is 23.1. The van der Waals surface area contributed by atoms with Crippen LogP contribution in [0, 0.1) is 0 Å². The van der Waals surface area contributed by atoms with E-state index in [1.165, 1.54) is 66.1 Å². The number of hydrogen-bond acceptors (Lipinski definition) is 2. The Morgan fingerprint density at radius 3 is 1.23 bits per heavy atom. The fraction of sp³-hybridized carbons (Fsp3) is 0.163. The van der Waals surface area contributed by atoms with Gasteiger partial charge in [-0.15, -0.1) is 0 Å². The predicted octanol–water partition coefficient (Wildman–Crippen LogP) is 9.83. The lowest BCUT2D eigenvalue weighted by atomic mass is 10.1. The van der Waals surface area contributed by atoms with Gasteiger partial charge in [-0.3, -0.25) is 0 Å². The van der Waals surface area contributed by atoms with Crippen molar-refractivity contribution in [1.82, 2.24) is 18.9 Å². The molecular formula is C43H40N4. The Hall–Kier alpha value is -5.16. The molecule has 8 aromatic rings. The van der Waals surface area contributed by atoms with Gasteiger partial charge < -0.3 is 18.9 Å². The lowest BCUT2D eigenvalue weighted by Gasteiger charge is -2.21. The van der Waals surface area contributed by atoms with Crippen molar-refractivity contribution in [3.05, 3.63) is 157 Å². The van der Waals surface area contributed by atoms with E-state index in [1.807, 2.05) is 0 Å². The molecule has 6 aromatic carbocycles. The minimum atomic E-state index is 0.937. The highest BCUT2D eigenvalue weighted by Gasteiger charge is 2.15.